The highest BCUT2D eigenvalue weighted by Gasteiger charge is 2.32. The highest BCUT2D eigenvalue weighted by molar-refractivity contribution is 7.89. The maximum Gasteiger partial charge on any atom is 0.336 e. The van der Waals surface area contributed by atoms with Gasteiger partial charge < -0.3 is 10.2 Å². The van der Waals surface area contributed by atoms with E-state index < -0.39 is 22.1 Å². The maximum atomic E-state index is 12.4. The van der Waals surface area contributed by atoms with Crippen LogP contribution in [0, 0.1) is 0 Å². The Labute approximate surface area is 117 Å². The molecular formula is C13H17NO5S. The van der Waals surface area contributed by atoms with Crippen molar-refractivity contribution >= 4 is 16.0 Å². The van der Waals surface area contributed by atoms with E-state index in [1.807, 2.05) is 6.92 Å². The van der Waals surface area contributed by atoms with E-state index in [1.165, 1.54) is 22.5 Å². The predicted molar refractivity (Wildman–Crippen MR) is 72.2 cm³/mol. The molecule has 0 amide bonds. The van der Waals surface area contributed by atoms with Crippen molar-refractivity contribution in [3.05, 3.63) is 29.3 Å². The lowest BCUT2D eigenvalue weighted by Gasteiger charge is -2.16. The summed E-state index contributed by atoms with van der Waals surface area (Å²) in [6.45, 7) is 2.12. The van der Waals surface area contributed by atoms with Crippen LogP contribution in [0.25, 0.3) is 0 Å². The van der Waals surface area contributed by atoms with Gasteiger partial charge in [0.15, 0.2) is 0 Å². The van der Waals surface area contributed by atoms with Crippen LogP contribution in [-0.2, 0) is 16.4 Å². The van der Waals surface area contributed by atoms with Crippen molar-refractivity contribution in [3.8, 4) is 0 Å². The van der Waals surface area contributed by atoms with Crippen LogP contribution in [0.1, 0.15) is 29.3 Å². The molecule has 0 aromatic heterocycles. The number of sulfonamides is 1. The number of aliphatic hydroxyl groups excluding tert-OH is 1. The van der Waals surface area contributed by atoms with Crippen molar-refractivity contribution in [1.82, 2.24) is 4.31 Å². The van der Waals surface area contributed by atoms with Crippen molar-refractivity contribution in [1.29, 1.82) is 0 Å². The molecule has 7 heteroatoms. The zero-order valence-corrected chi connectivity index (χ0v) is 11.9. The fourth-order valence-corrected chi connectivity index (χ4v) is 3.82. The van der Waals surface area contributed by atoms with Crippen molar-refractivity contribution in [2.45, 2.75) is 30.8 Å². The fraction of sp³-hybridized carbons (Fsp3) is 0.462. The van der Waals surface area contributed by atoms with Crippen LogP contribution >= 0.6 is 0 Å². The van der Waals surface area contributed by atoms with Crippen molar-refractivity contribution < 1.29 is 23.4 Å². The van der Waals surface area contributed by atoms with Crippen LogP contribution in [0.2, 0.25) is 0 Å². The van der Waals surface area contributed by atoms with E-state index in [1.54, 1.807) is 0 Å². The minimum Gasteiger partial charge on any atom is -0.478 e. The molecule has 110 valence electrons. The van der Waals surface area contributed by atoms with Crippen LogP contribution in [-0.4, -0.2) is 48.1 Å². The lowest BCUT2D eigenvalue weighted by molar-refractivity contribution is 0.0695. The van der Waals surface area contributed by atoms with Crippen LogP contribution in [0.4, 0.5) is 0 Å². The Morgan fingerprint density at radius 1 is 1.45 bits per heavy atom. The Balaban J connectivity index is 2.42. The SMILES string of the molecule is CCc1ccc(S(=O)(=O)N2CCC(O)C2)cc1C(=O)O. The molecule has 1 aromatic rings. The minimum absolute atomic E-state index is 0.00770. The second-order valence-electron chi connectivity index (χ2n) is 4.78. The van der Waals surface area contributed by atoms with Gasteiger partial charge in [-0.15, -0.1) is 0 Å². The zero-order chi connectivity index (χ0) is 14.9. The summed E-state index contributed by atoms with van der Waals surface area (Å²) >= 11 is 0. The highest BCUT2D eigenvalue weighted by atomic mass is 32.2. The Hall–Kier alpha value is -1.44. The number of aliphatic hydroxyl groups is 1. The summed E-state index contributed by atoms with van der Waals surface area (Å²) in [5, 5.41) is 18.6. The van der Waals surface area contributed by atoms with Gasteiger partial charge >= 0.3 is 5.97 Å². The molecule has 2 rings (SSSR count). The summed E-state index contributed by atoms with van der Waals surface area (Å²) in [7, 11) is -3.74. The van der Waals surface area contributed by atoms with E-state index in [9.17, 15) is 18.3 Å². The molecule has 2 N–H and O–H groups in total. The average Bonchev–Trinajstić information content (AvgIpc) is 2.85. The molecule has 0 bridgehead atoms. The van der Waals surface area contributed by atoms with Gasteiger partial charge in [0.2, 0.25) is 10.0 Å². The number of β-amino-alcohol motifs (C(OH)–C–C–N with tert-alkyl or cyclic N) is 1. The van der Waals surface area contributed by atoms with Crippen LogP contribution in [0.3, 0.4) is 0 Å². The van der Waals surface area contributed by atoms with E-state index in [4.69, 9.17) is 5.11 Å². The predicted octanol–water partition coefficient (Wildman–Crippen LogP) is 0.703. The van der Waals surface area contributed by atoms with Gasteiger partial charge in [0.1, 0.15) is 0 Å². The molecule has 1 aliphatic heterocycles. The van der Waals surface area contributed by atoms with Gasteiger partial charge in [-0.2, -0.15) is 4.31 Å². The third-order valence-electron chi connectivity index (χ3n) is 3.46. The second-order valence-corrected chi connectivity index (χ2v) is 6.72. The molecule has 1 aliphatic rings. The molecule has 0 aliphatic carbocycles. The maximum absolute atomic E-state index is 12.4. The first kappa shape index (κ1) is 15.0. The summed E-state index contributed by atoms with van der Waals surface area (Å²) in [6.07, 6.45) is 0.265. The van der Waals surface area contributed by atoms with E-state index in [0.717, 1.165) is 0 Å². The zero-order valence-electron chi connectivity index (χ0n) is 11.1. The third-order valence-corrected chi connectivity index (χ3v) is 5.32. The number of hydrogen-bond donors (Lipinski definition) is 2. The molecule has 6 nitrogen and oxygen atoms in total. The average molecular weight is 299 g/mol. The van der Waals surface area contributed by atoms with Crippen molar-refractivity contribution in [2.24, 2.45) is 0 Å². The molecule has 20 heavy (non-hydrogen) atoms. The Morgan fingerprint density at radius 3 is 2.65 bits per heavy atom. The first-order chi connectivity index (χ1) is 9.36. The van der Waals surface area contributed by atoms with E-state index in [-0.39, 0.29) is 23.5 Å². The number of benzene rings is 1. The molecule has 1 atom stereocenters. The summed E-state index contributed by atoms with van der Waals surface area (Å²) in [5.41, 5.74) is 0.603. The molecular weight excluding hydrogens is 282 g/mol. The van der Waals surface area contributed by atoms with Crippen LogP contribution < -0.4 is 0 Å². The molecule has 1 aromatic carbocycles. The molecule has 1 fully saturated rings. The quantitative estimate of drug-likeness (QED) is 0.853. The van der Waals surface area contributed by atoms with Gasteiger partial charge in [-0.05, 0) is 30.5 Å². The van der Waals surface area contributed by atoms with E-state index in [2.05, 4.69) is 0 Å². The number of hydrogen-bond acceptors (Lipinski definition) is 4. The second kappa shape index (κ2) is 5.51. The van der Waals surface area contributed by atoms with Crippen molar-refractivity contribution in [3.63, 3.8) is 0 Å². The molecule has 1 unspecified atom stereocenters. The number of aromatic carboxylic acids is 1. The number of aryl methyl sites for hydroxylation is 1. The van der Waals surface area contributed by atoms with Gasteiger partial charge in [-0.25, -0.2) is 13.2 Å². The van der Waals surface area contributed by atoms with Gasteiger partial charge in [-0.3, -0.25) is 0 Å². The lowest BCUT2D eigenvalue weighted by atomic mass is 10.1. The topological polar surface area (TPSA) is 94.9 Å². The summed E-state index contributed by atoms with van der Waals surface area (Å²) in [5.74, 6) is -1.14. The Bertz CT molecular complexity index is 626. The van der Waals surface area contributed by atoms with Gasteiger partial charge in [0.05, 0.1) is 16.6 Å². The molecule has 0 spiro atoms. The van der Waals surface area contributed by atoms with Gasteiger partial charge in [0, 0.05) is 13.1 Å². The van der Waals surface area contributed by atoms with E-state index in [0.29, 0.717) is 18.4 Å². The monoisotopic (exact) mass is 299 g/mol. The first-order valence-electron chi connectivity index (χ1n) is 6.40. The number of nitrogens with zero attached hydrogens (tertiary/aromatic N) is 1. The molecule has 1 saturated heterocycles. The van der Waals surface area contributed by atoms with Crippen molar-refractivity contribution in [2.75, 3.05) is 13.1 Å². The van der Waals surface area contributed by atoms with Crippen LogP contribution in [0.5, 0.6) is 0 Å². The number of carboxylic acid groups (broad SMARTS) is 1. The number of carboxylic acids is 1. The number of carbonyl (C=O) groups is 1. The lowest BCUT2D eigenvalue weighted by Crippen LogP contribution is -2.30. The van der Waals surface area contributed by atoms with Gasteiger partial charge in [0.25, 0.3) is 0 Å². The molecule has 0 saturated carbocycles. The standard InChI is InChI=1S/C13H17NO5S/c1-2-9-3-4-11(7-12(9)13(16)17)20(18,19)14-6-5-10(15)8-14/h3-4,7,10,15H,2,5-6,8H2,1H3,(H,16,17). The smallest absolute Gasteiger partial charge is 0.336 e. The largest absolute Gasteiger partial charge is 0.478 e. The van der Waals surface area contributed by atoms with Gasteiger partial charge in [-0.1, -0.05) is 13.0 Å². The minimum atomic E-state index is -3.74. The number of rotatable bonds is 4. The normalized spacial score (nSPS) is 20.2. The van der Waals surface area contributed by atoms with Crippen LogP contribution in [0.15, 0.2) is 23.1 Å². The Morgan fingerprint density at radius 2 is 2.15 bits per heavy atom. The van der Waals surface area contributed by atoms with E-state index >= 15 is 0 Å². The molecule has 1 heterocycles. The fourth-order valence-electron chi connectivity index (χ4n) is 2.30. The third kappa shape index (κ3) is 2.70. The summed E-state index contributed by atoms with van der Waals surface area (Å²) < 4.78 is 25.9. The summed E-state index contributed by atoms with van der Waals surface area (Å²) in [6, 6.07) is 4.15. The molecule has 0 radical (unpaired) electrons. The first-order valence-corrected chi connectivity index (χ1v) is 7.84. The Kier molecular flexibility index (Phi) is 4.12. The summed E-state index contributed by atoms with van der Waals surface area (Å²) in [4.78, 5) is 11.1. The highest BCUT2D eigenvalue weighted by Crippen LogP contribution is 2.23.